The first kappa shape index (κ1) is 22.7. The molecular weight excluding hydrogens is 483 g/mol. The highest BCUT2D eigenvalue weighted by atomic mass is 32.2. The normalized spacial score (nSPS) is 13.1. The van der Waals surface area contributed by atoms with Gasteiger partial charge in [-0.25, -0.2) is 4.98 Å². The summed E-state index contributed by atoms with van der Waals surface area (Å²) in [7, 11) is 1.56. The van der Waals surface area contributed by atoms with Crippen molar-refractivity contribution in [3.8, 4) is 0 Å². The largest absolute Gasteiger partial charge is 0.416 e. The van der Waals surface area contributed by atoms with Gasteiger partial charge in [0.2, 0.25) is 0 Å². The summed E-state index contributed by atoms with van der Waals surface area (Å²) in [5, 5.41) is 0.629. The van der Waals surface area contributed by atoms with Crippen LogP contribution in [0.2, 0.25) is 0 Å². The number of benzene rings is 2. The number of carbonyl (C=O) groups is 1. The van der Waals surface area contributed by atoms with Crippen LogP contribution in [0.5, 0.6) is 0 Å². The predicted molar refractivity (Wildman–Crippen MR) is 128 cm³/mol. The van der Waals surface area contributed by atoms with Gasteiger partial charge in [0, 0.05) is 28.0 Å². The molecule has 174 valence electrons. The molecule has 0 unspecified atom stereocenters. The number of fused-ring (bicyclic) bond motifs is 3. The van der Waals surface area contributed by atoms with E-state index in [0.29, 0.717) is 20.8 Å². The van der Waals surface area contributed by atoms with Crippen LogP contribution in [-0.4, -0.2) is 18.0 Å². The van der Waals surface area contributed by atoms with Gasteiger partial charge in [-0.1, -0.05) is 23.9 Å². The third-order valence-corrected chi connectivity index (χ3v) is 7.68. The van der Waals surface area contributed by atoms with Crippen LogP contribution in [-0.2, 0) is 17.5 Å². The van der Waals surface area contributed by atoms with Gasteiger partial charge >= 0.3 is 6.18 Å². The fraction of sp³-hybridized carbons (Fsp3) is 0.167. The number of alkyl halides is 3. The van der Waals surface area contributed by atoms with Crippen LogP contribution in [0.1, 0.15) is 26.5 Å². The van der Waals surface area contributed by atoms with Gasteiger partial charge in [-0.2, -0.15) is 13.2 Å². The zero-order chi connectivity index (χ0) is 24.2. The van der Waals surface area contributed by atoms with Gasteiger partial charge in [0.25, 0.3) is 5.91 Å². The topological polar surface area (TPSA) is 68.5 Å². The number of para-hydroxylation sites is 1. The number of hydrogen-bond donors (Lipinski definition) is 1. The molecule has 0 saturated carbocycles. The van der Waals surface area contributed by atoms with E-state index < -0.39 is 17.6 Å². The molecule has 34 heavy (non-hydrogen) atoms. The Bertz CT molecular complexity index is 1450. The first-order valence-corrected chi connectivity index (χ1v) is 11.8. The zero-order valence-corrected chi connectivity index (χ0v) is 19.7. The first-order valence-electron chi connectivity index (χ1n) is 10.2. The van der Waals surface area contributed by atoms with Crippen LogP contribution in [0, 0.1) is 6.92 Å². The van der Waals surface area contributed by atoms with Crippen molar-refractivity contribution in [2.75, 3.05) is 17.7 Å². The molecule has 0 saturated heterocycles. The van der Waals surface area contributed by atoms with Crippen molar-refractivity contribution >= 4 is 56.3 Å². The number of thiophene rings is 1. The van der Waals surface area contributed by atoms with Crippen molar-refractivity contribution in [1.82, 2.24) is 4.98 Å². The Balaban J connectivity index is 1.71. The summed E-state index contributed by atoms with van der Waals surface area (Å²) in [6, 6.07) is 12.4. The number of rotatable bonds is 3. The number of amides is 1. The number of anilines is 3. The summed E-state index contributed by atoms with van der Waals surface area (Å²) in [6.45, 7) is 2.12. The summed E-state index contributed by atoms with van der Waals surface area (Å²) < 4.78 is 45.8. The monoisotopic (exact) mass is 501 g/mol. The molecule has 5 rings (SSSR count). The van der Waals surface area contributed by atoms with Crippen molar-refractivity contribution < 1.29 is 22.7 Å². The third-order valence-electron chi connectivity index (χ3n) is 5.46. The van der Waals surface area contributed by atoms with Gasteiger partial charge in [-0.05, 0) is 48.9 Å². The van der Waals surface area contributed by atoms with Crippen molar-refractivity contribution in [3.05, 3.63) is 70.2 Å². The fourth-order valence-electron chi connectivity index (χ4n) is 4.02. The van der Waals surface area contributed by atoms with Gasteiger partial charge in [0.05, 0.1) is 29.2 Å². The third kappa shape index (κ3) is 3.71. The Labute approximate surface area is 201 Å². The second-order valence-corrected chi connectivity index (χ2v) is 9.85. The van der Waals surface area contributed by atoms with Crippen molar-refractivity contribution in [2.24, 2.45) is 0 Å². The minimum absolute atomic E-state index is 0.168. The average Bonchev–Trinajstić information content (AvgIpc) is 3.12. The van der Waals surface area contributed by atoms with E-state index in [-0.39, 0.29) is 22.9 Å². The highest BCUT2D eigenvalue weighted by molar-refractivity contribution is 7.99. The number of hydrogen-bond acceptors (Lipinski definition) is 6. The smallest absolute Gasteiger partial charge is 0.397 e. The lowest BCUT2D eigenvalue weighted by molar-refractivity contribution is -0.137. The second-order valence-electron chi connectivity index (χ2n) is 7.77. The summed E-state index contributed by atoms with van der Waals surface area (Å²) in [5.41, 5.74) is 8.09. The molecule has 1 aliphatic rings. The maximum absolute atomic E-state index is 13.9. The van der Waals surface area contributed by atoms with Crippen LogP contribution in [0.15, 0.2) is 58.3 Å². The van der Waals surface area contributed by atoms with Crippen LogP contribution >= 0.6 is 23.1 Å². The number of nitrogen functional groups attached to an aromatic ring is 1. The van der Waals surface area contributed by atoms with E-state index in [1.54, 1.807) is 19.2 Å². The Morgan fingerprint density at radius 1 is 1.12 bits per heavy atom. The van der Waals surface area contributed by atoms with E-state index in [9.17, 15) is 18.0 Å². The van der Waals surface area contributed by atoms with E-state index in [1.165, 1.54) is 22.7 Å². The molecule has 0 fully saturated rings. The number of halogens is 3. The number of nitrogens with two attached hydrogens (primary N) is 1. The number of carbonyl (C=O) groups excluding carboxylic acids is 1. The second kappa shape index (κ2) is 8.30. The molecule has 0 aliphatic carbocycles. The van der Waals surface area contributed by atoms with Gasteiger partial charge < -0.3 is 10.5 Å². The lowest BCUT2D eigenvalue weighted by Crippen LogP contribution is -2.28. The van der Waals surface area contributed by atoms with Crippen molar-refractivity contribution in [1.29, 1.82) is 0 Å². The van der Waals surface area contributed by atoms with Crippen molar-refractivity contribution in [3.63, 3.8) is 0 Å². The van der Waals surface area contributed by atoms with E-state index in [2.05, 4.69) is 4.98 Å². The molecule has 10 heteroatoms. The lowest BCUT2D eigenvalue weighted by Gasteiger charge is -2.31. The minimum atomic E-state index is -4.54. The van der Waals surface area contributed by atoms with Gasteiger partial charge in [0.1, 0.15) is 9.71 Å². The van der Waals surface area contributed by atoms with Crippen LogP contribution < -0.4 is 10.6 Å². The molecule has 2 N–H and O–H groups in total. The standard InChI is InChI=1S/C24H18F3N3O2S2/c1-12-9-13(11-32-2)19-20(28)21(34-22(19)29-12)23(31)30-15-5-3-4-6-17(15)33-18-8-7-14(10-16(18)30)24(25,26)27/h3-10H,11,28H2,1-2H3. The Kier molecular flexibility index (Phi) is 5.54. The van der Waals surface area contributed by atoms with Gasteiger partial charge in [0.15, 0.2) is 0 Å². The molecule has 2 aromatic carbocycles. The number of aromatic nitrogens is 1. The van der Waals surface area contributed by atoms with E-state index in [1.807, 2.05) is 25.1 Å². The number of pyridine rings is 1. The molecule has 4 aromatic rings. The molecule has 3 heterocycles. The molecule has 1 amide bonds. The first-order chi connectivity index (χ1) is 16.2. The SMILES string of the molecule is COCc1cc(C)nc2sc(C(=O)N3c4ccccc4Sc4ccc(C(F)(F)F)cc43)c(N)c12. The Morgan fingerprint density at radius 2 is 1.85 bits per heavy atom. The Hall–Kier alpha value is -3.08. The highest BCUT2D eigenvalue weighted by Crippen LogP contribution is 2.51. The van der Waals surface area contributed by atoms with Crippen LogP contribution in [0.25, 0.3) is 10.2 Å². The zero-order valence-electron chi connectivity index (χ0n) is 18.1. The number of methoxy groups -OCH3 is 1. The summed E-state index contributed by atoms with van der Waals surface area (Å²) in [6.07, 6.45) is -4.54. The van der Waals surface area contributed by atoms with Crippen molar-refractivity contribution in [2.45, 2.75) is 29.5 Å². The molecular formula is C24H18F3N3O2S2. The van der Waals surface area contributed by atoms with Crippen LogP contribution in [0.4, 0.5) is 30.2 Å². The minimum Gasteiger partial charge on any atom is -0.397 e. The van der Waals surface area contributed by atoms with E-state index in [4.69, 9.17) is 10.5 Å². The van der Waals surface area contributed by atoms with Crippen LogP contribution in [0.3, 0.4) is 0 Å². The maximum atomic E-state index is 13.9. The summed E-state index contributed by atoms with van der Waals surface area (Å²) in [5.74, 6) is -0.505. The van der Waals surface area contributed by atoms with Gasteiger partial charge in [-0.15, -0.1) is 11.3 Å². The highest BCUT2D eigenvalue weighted by Gasteiger charge is 2.36. The molecule has 2 aromatic heterocycles. The molecule has 0 bridgehead atoms. The average molecular weight is 502 g/mol. The quantitative estimate of drug-likeness (QED) is 0.335. The molecule has 5 nitrogen and oxygen atoms in total. The summed E-state index contributed by atoms with van der Waals surface area (Å²) >= 11 is 2.45. The number of ether oxygens (including phenoxy) is 1. The Morgan fingerprint density at radius 3 is 2.59 bits per heavy atom. The lowest BCUT2D eigenvalue weighted by atomic mass is 10.1. The number of nitrogens with zero attached hydrogens (tertiary/aromatic N) is 2. The maximum Gasteiger partial charge on any atom is 0.416 e. The molecule has 0 atom stereocenters. The van der Waals surface area contributed by atoms with E-state index >= 15 is 0 Å². The van der Waals surface area contributed by atoms with E-state index in [0.717, 1.165) is 39.6 Å². The molecule has 0 radical (unpaired) electrons. The predicted octanol–water partition coefficient (Wildman–Crippen LogP) is 6.80. The number of aryl methyl sites for hydroxylation is 1. The fourth-order valence-corrected chi connectivity index (χ4v) is 6.17. The molecule has 1 aliphatic heterocycles. The van der Waals surface area contributed by atoms with Gasteiger partial charge in [-0.3, -0.25) is 9.69 Å². The molecule has 0 spiro atoms. The summed E-state index contributed by atoms with van der Waals surface area (Å²) in [4.78, 5) is 21.9.